The standard InChI is InChI=1S/C15H17O4P/c1-11-9-12(2)15(13(3)10-11)19-20(16,17)18-14-7-5-4-6-8-14/h4-10H,1-3H3,(H,16,17). The van der Waals surface area contributed by atoms with E-state index >= 15 is 0 Å². The normalized spacial score (nSPS) is 13.6. The van der Waals surface area contributed by atoms with Crippen molar-refractivity contribution in [2.75, 3.05) is 0 Å². The highest BCUT2D eigenvalue weighted by Crippen LogP contribution is 2.46. The number of aryl methyl sites for hydroxylation is 3. The highest BCUT2D eigenvalue weighted by molar-refractivity contribution is 7.48. The Balaban J connectivity index is 2.23. The molecule has 0 aromatic heterocycles. The van der Waals surface area contributed by atoms with Gasteiger partial charge in [0.05, 0.1) is 0 Å². The molecule has 0 fully saturated rings. The number of hydrogen-bond acceptors (Lipinski definition) is 3. The molecule has 20 heavy (non-hydrogen) atoms. The molecule has 0 saturated carbocycles. The Morgan fingerprint density at radius 2 is 1.50 bits per heavy atom. The Bertz CT molecular complexity index is 629. The maximum atomic E-state index is 12.1. The monoisotopic (exact) mass is 292 g/mol. The van der Waals surface area contributed by atoms with Crippen LogP contribution in [-0.2, 0) is 4.57 Å². The van der Waals surface area contributed by atoms with Crippen LogP contribution in [0.25, 0.3) is 0 Å². The van der Waals surface area contributed by atoms with E-state index in [0.29, 0.717) is 11.5 Å². The van der Waals surface area contributed by atoms with Crippen molar-refractivity contribution in [2.24, 2.45) is 0 Å². The number of para-hydroxylation sites is 1. The molecule has 2 aromatic carbocycles. The van der Waals surface area contributed by atoms with Crippen molar-refractivity contribution < 1.29 is 18.5 Å². The fourth-order valence-corrected chi connectivity index (χ4v) is 3.00. The summed E-state index contributed by atoms with van der Waals surface area (Å²) in [6.45, 7) is 5.62. The average Bonchev–Trinajstić information content (AvgIpc) is 2.34. The molecule has 0 radical (unpaired) electrons. The van der Waals surface area contributed by atoms with Gasteiger partial charge in [0.1, 0.15) is 11.5 Å². The summed E-state index contributed by atoms with van der Waals surface area (Å²) in [5, 5.41) is 0. The first kappa shape index (κ1) is 14.6. The lowest BCUT2D eigenvalue weighted by molar-refractivity contribution is 0.289. The average molecular weight is 292 g/mol. The van der Waals surface area contributed by atoms with E-state index in [2.05, 4.69) is 0 Å². The zero-order valence-electron chi connectivity index (χ0n) is 11.7. The smallest absolute Gasteiger partial charge is 0.395 e. The topological polar surface area (TPSA) is 55.8 Å². The van der Waals surface area contributed by atoms with E-state index in [1.54, 1.807) is 30.3 Å². The van der Waals surface area contributed by atoms with Crippen LogP contribution in [0.4, 0.5) is 0 Å². The summed E-state index contributed by atoms with van der Waals surface area (Å²) in [5.74, 6) is 0.679. The van der Waals surface area contributed by atoms with Crippen molar-refractivity contribution in [1.82, 2.24) is 0 Å². The third kappa shape index (κ3) is 3.62. The van der Waals surface area contributed by atoms with Gasteiger partial charge in [-0.3, -0.25) is 4.89 Å². The van der Waals surface area contributed by atoms with Crippen molar-refractivity contribution in [1.29, 1.82) is 0 Å². The van der Waals surface area contributed by atoms with Crippen LogP contribution < -0.4 is 9.05 Å². The van der Waals surface area contributed by atoms with Gasteiger partial charge in [-0.2, -0.15) is 0 Å². The Labute approximate surface area is 118 Å². The second-order valence-electron chi connectivity index (χ2n) is 4.69. The zero-order valence-corrected chi connectivity index (χ0v) is 12.6. The first-order valence-corrected chi connectivity index (χ1v) is 7.72. The van der Waals surface area contributed by atoms with E-state index in [-0.39, 0.29) is 0 Å². The number of rotatable bonds is 4. The molecule has 1 N–H and O–H groups in total. The molecule has 0 aliphatic heterocycles. The first-order chi connectivity index (χ1) is 9.37. The summed E-state index contributed by atoms with van der Waals surface area (Å²) in [6, 6.07) is 12.2. The Hall–Kier alpha value is -1.77. The number of benzene rings is 2. The van der Waals surface area contributed by atoms with E-state index in [1.807, 2.05) is 32.9 Å². The highest BCUT2D eigenvalue weighted by atomic mass is 31.2. The molecule has 2 aromatic rings. The molecule has 1 atom stereocenters. The van der Waals surface area contributed by atoms with Crippen LogP contribution in [-0.4, -0.2) is 4.89 Å². The van der Waals surface area contributed by atoms with Crippen molar-refractivity contribution in [3.8, 4) is 11.5 Å². The van der Waals surface area contributed by atoms with Gasteiger partial charge in [0, 0.05) is 0 Å². The van der Waals surface area contributed by atoms with Crippen LogP contribution >= 0.6 is 7.82 Å². The van der Waals surface area contributed by atoms with Crippen LogP contribution in [0.5, 0.6) is 11.5 Å². The third-order valence-electron chi connectivity index (χ3n) is 2.78. The van der Waals surface area contributed by atoms with Crippen molar-refractivity contribution in [2.45, 2.75) is 20.8 Å². The molecule has 5 heteroatoms. The molecular weight excluding hydrogens is 275 g/mol. The molecule has 0 spiro atoms. The van der Waals surface area contributed by atoms with Crippen LogP contribution in [0.3, 0.4) is 0 Å². The van der Waals surface area contributed by atoms with E-state index < -0.39 is 7.82 Å². The van der Waals surface area contributed by atoms with Crippen LogP contribution in [0.1, 0.15) is 16.7 Å². The molecule has 106 valence electrons. The van der Waals surface area contributed by atoms with Gasteiger partial charge in [-0.25, -0.2) is 4.57 Å². The summed E-state index contributed by atoms with van der Waals surface area (Å²) < 4.78 is 22.3. The van der Waals surface area contributed by atoms with Crippen LogP contribution in [0.15, 0.2) is 42.5 Å². The summed E-state index contributed by atoms with van der Waals surface area (Å²) >= 11 is 0. The van der Waals surface area contributed by atoms with E-state index in [9.17, 15) is 9.46 Å². The van der Waals surface area contributed by atoms with Crippen molar-refractivity contribution >= 4 is 7.82 Å². The van der Waals surface area contributed by atoms with Gasteiger partial charge in [-0.15, -0.1) is 0 Å². The summed E-state index contributed by atoms with van der Waals surface area (Å²) in [5.41, 5.74) is 2.67. The van der Waals surface area contributed by atoms with Gasteiger partial charge in [0.2, 0.25) is 0 Å². The van der Waals surface area contributed by atoms with E-state index in [0.717, 1.165) is 16.7 Å². The minimum absolute atomic E-state index is 0.292. The molecule has 4 nitrogen and oxygen atoms in total. The second kappa shape index (κ2) is 5.70. The van der Waals surface area contributed by atoms with Gasteiger partial charge >= 0.3 is 7.82 Å². The van der Waals surface area contributed by atoms with Gasteiger partial charge < -0.3 is 9.05 Å². The summed E-state index contributed by atoms with van der Waals surface area (Å²) in [7, 11) is -4.21. The zero-order chi connectivity index (χ0) is 14.8. The lowest BCUT2D eigenvalue weighted by atomic mass is 10.1. The predicted octanol–water partition coefficient (Wildman–Crippen LogP) is 4.17. The Morgan fingerprint density at radius 3 is 2.05 bits per heavy atom. The molecule has 1 unspecified atom stereocenters. The largest absolute Gasteiger partial charge is 0.584 e. The Morgan fingerprint density at radius 1 is 0.950 bits per heavy atom. The molecule has 2 rings (SSSR count). The van der Waals surface area contributed by atoms with Gasteiger partial charge in [0.25, 0.3) is 0 Å². The van der Waals surface area contributed by atoms with Gasteiger partial charge in [-0.05, 0) is 44.0 Å². The molecule has 0 aliphatic carbocycles. The maximum absolute atomic E-state index is 12.1. The lowest BCUT2D eigenvalue weighted by Crippen LogP contribution is -2.02. The molecule has 0 bridgehead atoms. The SMILES string of the molecule is Cc1cc(C)c(OP(=O)(O)Oc2ccccc2)c(C)c1. The molecule has 0 aliphatic rings. The number of hydrogen-bond donors (Lipinski definition) is 1. The lowest BCUT2D eigenvalue weighted by Gasteiger charge is -2.17. The van der Waals surface area contributed by atoms with Crippen LogP contribution in [0, 0.1) is 20.8 Å². The predicted molar refractivity (Wildman–Crippen MR) is 78.2 cm³/mol. The fourth-order valence-electron chi connectivity index (χ4n) is 2.06. The first-order valence-electron chi connectivity index (χ1n) is 6.22. The van der Waals surface area contributed by atoms with Crippen LogP contribution in [0.2, 0.25) is 0 Å². The summed E-state index contributed by atoms with van der Waals surface area (Å²) in [6.07, 6.45) is 0. The van der Waals surface area contributed by atoms with Crippen molar-refractivity contribution in [3.63, 3.8) is 0 Å². The summed E-state index contributed by atoms with van der Waals surface area (Å²) in [4.78, 5) is 9.85. The third-order valence-corrected chi connectivity index (χ3v) is 3.63. The molecule has 0 amide bonds. The number of phosphoric acid groups is 1. The van der Waals surface area contributed by atoms with E-state index in [1.165, 1.54) is 0 Å². The quantitative estimate of drug-likeness (QED) is 0.859. The molecule has 0 saturated heterocycles. The minimum Gasteiger partial charge on any atom is -0.395 e. The van der Waals surface area contributed by atoms with Gasteiger partial charge in [-0.1, -0.05) is 35.9 Å². The van der Waals surface area contributed by atoms with Crippen molar-refractivity contribution in [3.05, 3.63) is 59.2 Å². The number of phosphoric ester groups is 1. The maximum Gasteiger partial charge on any atom is 0.584 e. The second-order valence-corrected chi connectivity index (χ2v) is 5.99. The molecule has 0 heterocycles. The fraction of sp³-hybridized carbons (Fsp3) is 0.200. The minimum atomic E-state index is -4.21. The van der Waals surface area contributed by atoms with E-state index in [4.69, 9.17) is 9.05 Å². The molecular formula is C15H17O4P. The Kier molecular flexibility index (Phi) is 4.17. The van der Waals surface area contributed by atoms with Gasteiger partial charge in [0.15, 0.2) is 0 Å². The highest BCUT2D eigenvalue weighted by Gasteiger charge is 2.26.